The van der Waals surface area contributed by atoms with Gasteiger partial charge in [-0.2, -0.15) is 5.10 Å². The van der Waals surface area contributed by atoms with Crippen LogP contribution in [0.5, 0.6) is 5.75 Å². The second-order valence-corrected chi connectivity index (χ2v) is 8.88. The Kier molecular flexibility index (Phi) is 6.85. The number of amides is 1. The molecule has 0 aliphatic rings. The van der Waals surface area contributed by atoms with Crippen molar-refractivity contribution < 1.29 is 14.1 Å². The number of halogens is 2. The maximum Gasteiger partial charge on any atom is 0.279 e. The number of aromatic nitrogens is 3. The maximum atomic E-state index is 13.0. The molecule has 0 bridgehead atoms. The number of carbonyl (C=O) groups is 1. The quantitative estimate of drug-likeness (QED) is 0.313. The average Bonchev–Trinajstić information content (AvgIpc) is 3.32. The number of nitrogens with zero attached hydrogens (tertiary/aromatic N) is 3. The monoisotopic (exact) mass is 528 g/mol. The molecule has 33 heavy (non-hydrogen) atoms. The molecule has 0 unspecified atom stereocenters. The predicted molar refractivity (Wildman–Crippen MR) is 130 cm³/mol. The Bertz CT molecular complexity index is 1320. The Hall–Kier alpha value is -3.10. The van der Waals surface area contributed by atoms with E-state index in [2.05, 4.69) is 31.5 Å². The fourth-order valence-corrected chi connectivity index (χ4v) is 3.91. The molecule has 1 amide bonds. The van der Waals surface area contributed by atoms with E-state index in [4.69, 9.17) is 20.9 Å². The lowest BCUT2D eigenvalue weighted by Gasteiger charge is -2.11. The predicted octanol–water partition coefficient (Wildman–Crippen LogP) is 6.09. The molecular formula is C24H22BrClN4O3. The summed E-state index contributed by atoms with van der Waals surface area (Å²) >= 11 is 9.69. The van der Waals surface area contributed by atoms with E-state index in [9.17, 15) is 4.79 Å². The fraction of sp³-hybridized carbons (Fsp3) is 0.208. The van der Waals surface area contributed by atoms with Gasteiger partial charge in [-0.1, -0.05) is 47.1 Å². The van der Waals surface area contributed by atoms with Crippen molar-refractivity contribution in [3.05, 3.63) is 91.9 Å². The van der Waals surface area contributed by atoms with Crippen LogP contribution in [0.3, 0.4) is 0 Å². The van der Waals surface area contributed by atoms with Gasteiger partial charge in [0.1, 0.15) is 18.1 Å². The molecule has 0 saturated carbocycles. The van der Waals surface area contributed by atoms with Crippen molar-refractivity contribution in [1.82, 2.24) is 14.9 Å². The maximum absolute atomic E-state index is 13.0. The van der Waals surface area contributed by atoms with Crippen molar-refractivity contribution in [3.63, 3.8) is 0 Å². The molecule has 0 saturated heterocycles. The number of rotatable bonds is 7. The third-order valence-corrected chi connectivity index (χ3v) is 6.31. The van der Waals surface area contributed by atoms with Crippen molar-refractivity contribution in [2.24, 2.45) is 0 Å². The highest BCUT2D eigenvalue weighted by Crippen LogP contribution is 2.26. The molecule has 0 radical (unpaired) electrons. The third kappa shape index (κ3) is 5.12. The van der Waals surface area contributed by atoms with Gasteiger partial charge in [-0.05, 0) is 65.5 Å². The van der Waals surface area contributed by atoms with Crippen molar-refractivity contribution in [2.75, 3.05) is 5.32 Å². The lowest BCUT2D eigenvalue weighted by molar-refractivity contribution is 0.101. The van der Waals surface area contributed by atoms with Crippen LogP contribution in [0.15, 0.2) is 57.7 Å². The number of anilines is 1. The van der Waals surface area contributed by atoms with E-state index in [-0.39, 0.29) is 12.3 Å². The molecule has 2 aromatic carbocycles. The highest BCUT2D eigenvalue weighted by Gasteiger charge is 2.22. The molecule has 1 N–H and O–H groups in total. The van der Waals surface area contributed by atoms with Crippen LogP contribution < -0.4 is 10.1 Å². The Morgan fingerprint density at radius 1 is 1.18 bits per heavy atom. The SMILES string of the molecule is Cc1cccc(OCc2c(C(=O)Nc3nn(Cc4ccccc4Cl)cc3Br)noc2C)c1C. The van der Waals surface area contributed by atoms with E-state index in [1.54, 1.807) is 17.8 Å². The zero-order chi connectivity index (χ0) is 23.5. The second kappa shape index (κ2) is 9.80. The Labute approximate surface area is 204 Å². The van der Waals surface area contributed by atoms with E-state index < -0.39 is 5.91 Å². The molecule has 0 fully saturated rings. The average molecular weight is 530 g/mol. The van der Waals surface area contributed by atoms with Crippen LogP contribution in [-0.2, 0) is 13.2 Å². The summed E-state index contributed by atoms with van der Waals surface area (Å²) in [6.45, 7) is 6.39. The molecular weight excluding hydrogens is 508 g/mol. The van der Waals surface area contributed by atoms with Gasteiger partial charge in [0.25, 0.3) is 5.91 Å². The van der Waals surface area contributed by atoms with Crippen LogP contribution in [0.2, 0.25) is 5.02 Å². The van der Waals surface area contributed by atoms with Crippen LogP contribution in [-0.4, -0.2) is 20.8 Å². The summed E-state index contributed by atoms with van der Waals surface area (Å²) in [4.78, 5) is 13.0. The molecule has 4 aromatic rings. The molecule has 4 rings (SSSR count). The summed E-state index contributed by atoms with van der Waals surface area (Å²) in [7, 11) is 0. The first-order chi connectivity index (χ1) is 15.8. The van der Waals surface area contributed by atoms with Gasteiger partial charge in [0.05, 0.1) is 16.6 Å². The van der Waals surface area contributed by atoms with Gasteiger partial charge in [-0.3, -0.25) is 9.48 Å². The summed E-state index contributed by atoms with van der Waals surface area (Å²) < 4.78 is 13.6. The van der Waals surface area contributed by atoms with Crippen LogP contribution in [0.1, 0.15) is 38.5 Å². The van der Waals surface area contributed by atoms with Crippen LogP contribution in [0, 0.1) is 20.8 Å². The van der Waals surface area contributed by atoms with E-state index in [1.807, 2.05) is 56.3 Å². The van der Waals surface area contributed by atoms with E-state index in [1.165, 1.54) is 0 Å². The van der Waals surface area contributed by atoms with Crippen LogP contribution >= 0.6 is 27.5 Å². The summed E-state index contributed by atoms with van der Waals surface area (Å²) in [5.41, 5.74) is 3.84. The van der Waals surface area contributed by atoms with Crippen molar-refractivity contribution in [1.29, 1.82) is 0 Å². The molecule has 170 valence electrons. The number of ether oxygens (including phenoxy) is 1. The van der Waals surface area contributed by atoms with Gasteiger partial charge in [-0.15, -0.1) is 0 Å². The van der Waals surface area contributed by atoms with Gasteiger partial charge in [0.15, 0.2) is 11.5 Å². The summed E-state index contributed by atoms with van der Waals surface area (Å²) in [5.74, 6) is 1.21. The number of nitrogens with one attached hydrogen (secondary N) is 1. The second-order valence-electron chi connectivity index (χ2n) is 7.62. The standard InChI is InChI=1S/C24H22BrClN4O3/c1-14-7-6-10-21(15(14)2)32-13-18-16(3)33-29-22(18)24(31)27-23-19(25)12-30(28-23)11-17-8-4-5-9-20(17)26/h4-10,12H,11,13H2,1-3H3,(H,27,28,31). The van der Waals surface area contributed by atoms with Gasteiger partial charge in [0.2, 0.25) is 0 Å². The van der Waals surface area contributed by atoms with Crippen molar-refractivity contribution in [2.45, 2.75) is 33.9 Å². The minimum Gasteiger partial charge on any atom is -0.488 e. The summed E-state index contributed by atoms with van der Waals surface area (Å²) in [5, 5.41) is 11.8. The van der Waals surface area contributed by atoms with E-state index >= 15 is 0 Å². The van der Waals surface area contributed by atoms with Gasteiger partial charge in [-0.25, -0.2) is 0 Å². The van der Waals surface area contributed by atoms with Crippen LogP contribution in [0.25, 0.3) is 0 Å². The number of carbonyl (C=O) groups excluding carboxylic acids is 1. The first-order valence-corrected chi connectivity index (χ1v) is 11.4. The minimum atomic E-state index is -0.435. The number of benzene rings is 2. The molecule has 0 spiro atoms. The highest BCUT2D eigenvalue weighted by molar-refractivity contribution is 9.10. The zero-order valence-corrected chi connectivity index (χ0v) is 20.7. The van der Waals surface area contributed by atoms with E-state index in [0.29, 0.717) is 33.2 Å². The number of aryl methyl sites for hydroxylation is 2. The van der Waals surface area contributed by atoms with Crippen molar-refractivity contribution >= 4 is 39.3 Å². The number of hydrogen-bond donors (Lipinski definition) is 1. The lowest BCUT2D eigenvalue weighted by atomic mass is 10.1. The highest BCUT2D eigenvalue weighted by atomic mass is 79.9. The summed E-state index contributed by atoms with van der Waals surface area (Å²) in [6.07, 6.45) is 1.78. The Balaban J connectivity index is 1.49. The molecule has 7 nitrogen and oxygen atoms in total. The largest absolute Gasteiger partial charge is 0.488 e. The minimum absolute atomic E-state index is 0.157. The first-order valence-electron chi connectivity index (χ1n) is 10.3. The fourth-order valence-electron chi connectivity index (χ4n) is 3.30. The molecule has 9 heteroatoms. The zero-order valence-electron chi connectivity index (χ0n) is 18.4. The smallest absolute Gasteiger partial charge is 0.279 e. The third-order valence-electron chi connectivity index (χ3n) is 5.37. The molecule has 0 aliphatic heterocycles. The van der Waals surface area contributed by atoms with Gasteiger partial charge >= 0.3 is 0 Å². The lowest BCUT2D eigenvalue weighted by Crippen LogP contribution is -2.16. The van der Waals surface area contributed by atoms with Crippen LogP contribution in [0.4, 0.5) is 5.82 Å². The molecule has 0 atom stereocenters. The topological polar surface area (TPSA) is 82.2 Å². The molecule has 0 aliphatic carbocycles. The Morgan fingerprint density at radius 3 is 2.76 bits per heavy atom. The summed E-state index contributed by atoms with van der Waals surface area (Å²) in [6, 6.07) is 13.4. The van der Waals surface area contributed by atoms with Gasteiger partial charge in [0, 0.05) is 11.2 Å². The first kappa shape index (κ1) is 23.1. The number of hydrogen-bond acceptors (Lipinski definition) is 5. The molecule has 2 aromatic heterocycles. The van der Waals surface area contributed by atoms with Gasteiger partial charge < -0.3 is 14.6 Å². The van der Waals surface area contributed by atoms with Crippen molar-refractivity contribution in [3.8, 4) is 5.75 Å². The molecule has 2 heterocycles. The van der Waals surface area contributed by atoms with E-state index in [0.717, 1.165) is 22.4 Å². The normalized spacial score (nSPS) is 10.9. The Morgan fingerprint density at radius 2 is 1.97 bits per heavy atom.